The highest BCUT2D eigenvalue weighted by molar-refractivity contribution is 7.91. The van der Waals surface area contributed by atoms with Crippen LogP contribution in [0.15, 0.2) is 5.03 Å². The van der Waals surface area contributed by atoms with Crippen molar-refractivity contribution in [3.8, 4) is 0 Å². The van der Waals surface area contributed by atoms with Crippen molar-refractivity contribution >= 4 is 21.6 Å². The third kappa shape index (κ3) is 2.25. The van der Waals surface area contributed by atoms with Crippen LogP contribution in [0.1, 0.15) is 19.8 Å². The summed E-state index contributed by atoms with van der Waals surface area (Å²) in [5, 5.41) is -0.0130. The maximum atomic E-state index is 11.3. The quantitative estimate of drug-likeness (QED) is 0.733. The Balaban J connectivity index is 2.74. The zero-order valence-corrected chi connectivity index (χ0v) is 8.28. The summed E-state index contributed by atoms with van der Waals surface area (Å²) in [6.45, 7) is 1.94. The van der Waals surface area contributed by atoms with E-state index in [2.05, 4.69) is 14.9 Å². The number of nitrogens with zero attached hydrogens (tertiary/aromatic N) is 2. The molecule has 1 heterocycles. The molecule has 67 valence electrons. The molecule has 0 saturated heterocycles. The Morgan fingerprint density at radius 1 is 1.58 bits per heavy atom. The Hall–Kier alpha value is -0.490. The van der Waals surface area contributed by atoms with Crippen LogP contribution in [-0.4, -0.2) is 22.9 Å². The predicted octanol–water partition coefficient (Wildman–Crippen LogP) is 0.912. The van der Waals surface area contributed by atoms with Gasteiger partial charge in [-0.3, -0.25) is 0 Å². The maximum Gasteiger partial charge on any atom is 0.199 e. The lowest BCUT2D eigenvalue weighted by Crippen LogP contribution is -2.06. The van der Waals surface area contributed by atoms with Gasteiger partial charge in [-0.15, -0.1) is 0 Å². The maximum absolute atomic E-state index is 11.3. The van der Waals surface area contributed by atoms with Gasteiger partial charge < -0.3 is 0 Å². The van der Waals surface area contributed by atoms with Crippen molar-refractivity contribution in [1.82, 2.24) is 8.75 Å². The van der Waals surface area contributed by atoms with Crippen LogP contribution < -0.4 is 0 Å². The lowest BCUT2D eigenvalue weighted by Gasteiger charge is -1.96. The first kappa shape index (κ1) is 9.60. The number of unbranched alkanes of at least 4 members (excludes halogenated alkanes) is 1. The molecule has 0 atom stereocenters. The minimum Gasteiger partial charge on any atom is -0.222 e. The van der Waals surface area contributed by atoms with Crippen LogP contribution >= 0.6 is 11.7 Å². The van der Waals surface area contributed by atoms with Crippen LogP contribution in [0.25, 0.3) is 0 Å². The fourth-order valence-corrected chi connectivity index (χ4v) is 2.64. The van der Waals surface area contributed by atoms with Crippen LogP contribution in [0, 0.1) is 6.20 Å². The summed E-state index contributed by atoms with van der Waals surface area (Å²) >= 11 is 0.865. The average Bonchev–Trinajstić information content (AvgIpc) is 2.53. The number of aromatic nitrogens is 2. The fraction of sp³-hybridized carbons (Fsp3) is 0.667. The summed E-state index contributed by atoms with van der Waals surface area (Å²) in [7, 11) is -3.20. The molecule has 0 fully saturated rings. The molecule has 12 heavy (non-hydrogen) atoms. The van der Waals surface area contributed by atoms with E-state index in [1.807, 2.05) is 6.92 Å². The smallest absolute Gasteiger partial charge is 0.199 e. The molecule has 0 spiro atoms. The van der Waals surface area contributed by atoms with Crippen LogP contribution in [0.3, 0.4) is 0 Å². The molecule has 0 aliphatic heterocycles. The van der Waals surface area contributed by atoms with E-state index in [4.69, 9.17) is 0 Å². The zero-order chi connectivity index (χ0) is 9.03. The molecule has 0 aliphatic carbocycles. The molecular weight excluding hydrogens is 196 g/mol. The standard InChI is InChI=1S/C6H9N2O2S2/c1-2-3-4-12(9,10)6-5-7-11-8-6/h2-4H2,1H3. The predicted molar refractivity (Wildman–Crippen MR) is 45.7 cm³/mol. The van der Waals surface area contributed by atoms with Crippen molar-refractivity contribution in [2.75, 3.05) is 5.75 Å². The van der Waals surface area contributed by atoms with Gasteiger partial charge in [0.1, 0.15) is 6.20 Å². The van der Waals surface area contributed by atoms with Crippen LogP contribution in [0.4, 0.5) is 0 Å². The molecule has 0 amide bonds. The first-order chi connectivity index (χ1) is 5.67. The second-order valence-electron chi connectivity index (χ2n) is 2.35. The molecule has 1 rings (SSSR count). The van der Waals surface area contributed by atoms with E-state index in [0.717, 1.165) is 18.1 Å². The molecule has 0 saturated carbocycles. The minimum absolute atomic E-state index is 0.0130. The molecule has 0 unspecified atom stereocenters. The summed E-state index contributed by atoms with van der Waals surface area (Å²) in [5.41, 5.74) is 0. The Bertz CT molecular complexity index is 317. The second kappa shape index (κ2) is 3.95. The van der Waals surface area contributed by atoms with E-state index in [0.29, 0.717) is 6.42 Å². The van der Waals surface area contributed by atoms with Crippen molar-refractivity contribution in [2.24, 2.45) is 0 Å². The first-order valence-electron chi connectivity index (χ1n) is 3.60. The lowest BCUT2D eigenvalue weighted by atomic mass is 10.4. The van der Waals surface area contributed by atoms with E-state index in [-0.39, 0.29) is 10.8 Å². The normalized spacial score (nSPS) is 11.8. The van der Waals surface area contributed by atoms with Crippen LogP contribution in [0.2, 0.25) is 0 Å². The van der Waals surface area contributed by atoms with E-state index >= 15 is 0 Å². The van der Waals surface area contributed by atoms with Crippen LogP contribution in [-0.2, 0) is 9.84 Å². The molecule has 0 aromatic carbocycles. The van der Waals surface area contributed by atoms with Crippen molar-refractivity contribution in [2.45, 2.75) is 24.8 Å². The van der Waals surface area contributed by atoms with E-state index in [1.54, 1.807) is 0 Å². The Kier molecular flexibility index (Phi) is 3.16. The molecule has 1 aromatic heterocycles. The number of rotatable bonds is 4. The molecular formula is C6H9N2O2S2. The van der Waals surface area contributed by atoms with Gasteiger partial charge in [-0.1, -0.05) is 13.3 Å². The number of hydrogen-bond acceptors (Lipinski definition) is 5. The summed E-state index contributed by atoms with van der Waals surface area (Å²) in [4.78, 5) is 0. The van der Waals surface area contributed by atoms with Gasteiger partial charge in [0.05, 0.1) is 17.5 Å². The zero-order valence-electron chi connectivity index (χ0n) is 6.65. The second-order valence-corrected chi connectivity index (χ2v) is 4.91. The van der Waals surface area contributed by atoms with Gasteiger partial charge in [-0.25, -0.2) is 8.42 Å². The van der Waals surface area contributed by atoms with Crippen molar-refractivity contribution in [3.63, 3.8) is 0 Å². The van der Waals surface area contributed by atoms with Crippen molar-refractivity contribution < 1.29 is 8.42 Å². The molecule has 0 N–H and O–H groups in total. The summed E-state index contributed by atoms with van der Waals surface area (Å²) in [6.07, 6.45) is 3.87. The summed E-state index contributed by atoms with van der Waals surface area (Å²) in [5.74, 6) is 0.144. The first-order valence-corrected chi connectivity index (χ1v) is 5.98. The van der Waals surface area contributed by atoms with Gasteiger partial charge in [-0.2, -0.15) is 8.75 Å². The molecule has 6 heteroatoms. The molecule has 4 nitrogen and oxygen atoms in total. The fourth-order valence-electron chi connectivity index (χ4n) is 0.695. The Morgan fingerprint density at radius 3 is 2.83 bits per heavy atom. The van der Waals surface area contributed by atoms with Gasteiger partial charge in [0.25, 0.3) is 0 Å². The average molecular weight is 205 g/mol. The summed E-state index contributed by atoms with van der Waals surface area (Å²) in [6, 6.07) is 0. The number of hydrogen-bond donors (Lipinski definition) is 0. The van der Waals surface area contributed by atoms with Crippen molar-refractivity contribution in [3.05, 3.63) is 6.20 Å². The van der Waals surface area contributed by atoms with E-state index in [9.17, 15) is 8.42 Å². The van der Waals surface area contributed by atoms with Gasteiger partial charge in [-0.05, 0) is 6.42 Å². The third-order valence-electron chi connectivity index (χ3n) is 1.37. The minimum atomic E-state index is -3.20. The SMILES string of the molecule is CCCCS(=O)(=O)c1[c]nsn1. The van der Waals surface area contributed by atoms with Gasteiger partial charge in [0, 0.05) is 0 Å². The molecule has 1 radical (unpaired) electrons. The highest BCUT2D eigenvalue weighted by Gasteiger charge is 2.16. The third-order valence-corrected chi connectivity index (χ3v) is 3.52. The van der Waals surface area contributed by atoms with E-state index in [1.165, 1.54) is 0 Å². The highest BCUT2D eigenvalue weighted by Crippen LogP contribution is 2.08. The molecule has 1 aromatic rings. The van der Waals surface area contributed by atoms with Crippen molar-refractivity contribution in [1.29, 1.82) is 0 Å². The van der Waals surface area contributed by atoms with Gasteiger partial charge in [0.2, 0.25) is 0 Å². The Morgan fingerprint density at radius 2 is 2.33 bits per heavy atom. The largest absolute Gasteiger partial charge is 0.222 e. The molecule has 0 bridgehead atoms. The summed E-state index contributed by atoms with van der Waals surface area (Å²) < 4.78 is 29.8. The Labute approximate surface area is 75.9 Å². The topological polar surface area (TPSA) is 59.9 Å². The van der Waals surface area contributed by atoms with Gasteiger partial charge in [0.15, 0.2) is 14.9 Å². The van der Waals surface area contributed by atoms with Crippen LogP contribution in [0.5, 0.6) is 0 Å². The number of sulfone groups is 1. The van der Waals surface area contributed by atoms with Gasteiger partial charge >= 0.3 is 0 Å². The highest BCUT2D eigenvalue weighted by atomic mass is 32.2. The monoisotopic (exact) mass is 205 g/mol. The lowest BCUT2D eigenvalue weighted by molar-refractivity contribution is 0.590. The molecule has 0 aliphatic rings. The van der Waals surface area contributed by atoms with E-state index < -0.39 is 9.84 Å².